The average Bonchev–Trinajstić information content (AvgIpc) is 2.86. The lowest BCUT2D eigenvalue weighted by molar-refractivity contribution is 0.354. The van der Waals surface area contributed by atoms with Crippen LogP contribution in [0.4, 0.5) is 0 Å². The van der Waals surface area contributed by atoms with Gasteiger partial charge in [-0.1, -0.05) is 6.07 Å². The molecule has 0 fully saturated rings. The van der Waals surface area contributed by atoms with E-state index in [0.29, 0.717) is 11.5 Å². The zero-order valence-electron chi connectivity index (χ0n) is 11.3. The van der Waals surface area contributed by atoms with Gasteiger partial charge in [0, 0.05) is 4.88 Å². The van der Waals surface area contributed by atoms with E-state index in [1.54, 1.807) is 25.6 Å². The predicted octanol–water partition coefficient (Wildman–Crippen LogP) is 2.63. The van der Waals surface area contributed by atoms with Crippen molar-refractivity contribution in [3.63, 3.8) is 0 Å². The van der Waals surface area contributed by atoms with E-state index in [1.165, 1.54) is 10.4 Å². The highest BCUT2D eigenvalue weighted by Crippen LogP contribution is 2.33. The molecule has 1 atom stereocenters. The Morgan fingerprint density at radius 1 is 1.16 bits per heavy atom. The monoisotopic (exact) mass is 278 g/mol. The SMILES string of the molecule is COc1ccc(C(NN)c2ccsc2C)cc1OC. The van der Waals surface area contributed by atoms with Crippen molar-refractivity contribution in [2.75, 3.05) is 14.2 Å². The van der Waals surface area contributed by atoms with E-state index in [9.17, 15) is 0 Å². The van der Waals surface area contributed by atoms with Crippen LogP contribution in [0.5, 0.6) is 11.5 Å². The number of nitrogens with two attached hydrogens (primary N) is 1. The molecule has 1 aromatic heterocycles. The first-order valence-corrected chi connectivity index (χ1v) is 6.81. The fourth-order valence-corrected chi connectivity index (χ4v) is 2.83. The van der Waals surface area contributed by atoms with Crippen molar-refractivity contribution in [2.45, 2.75) is 13.0 Å². The summed E-state index contributed by atoms with van der Waals surface area (Å²) in [4.78, 5) is 1.25. The highest BCUT2D eigenvalue weighted by atomic mass is 32.1. The first kappa shape index (κ1) is 13.9. The number of rotatable bonds is 5. The topological polar surface area (TPSA) is 56.5 Å². The molecule has 2 rings (SSSR count). The summed E-state index contributed by atoms with van der Waals surface area (Å²) in [5, 5.41) is 2.07. The molecule has 0 saturated heterocycles. The molecule has 102 valence electrons. The molecule has 0 spiro atoms. The molecule has 0 saturated carbocycles. The molecule has 4 nitrogen and oxygen atoms in total. The van der Waals surface area contributed by atoms with Crippen LogP contribution in [0.2, 0.25) is 0 Å². The highest BCUT2D eigenvalue weighted by molar-refractivity contribution is 7.10. The predicted molar refractivity (Wildman–Crippen MR) is 77.8 cm³/mol. The van der Waals surface area contributed by atoms with Gasteiger partial charge in [0.1, 0.15) is 0 Å². The van der Waals surface area contributed by atoms with Gasteiger partial charge in [-0.25, -0.2) is 5.43 Å². The number of benzene rings is 1. The maximum Gasteiger partial charge on any atom is 0.161 e. The minimum atomic E-state index is -0.0499. The third kappa shape index (κ3) is 2.73. The van der Waals surface area contributed by atoms with Gasteiger partial charge in [-0.2, -0.15) is 0 Å². The number of hydrogen-bond acceptors (Lipinski definition) is 5. The minimum Gasteiger partial charge on any atom is -0.493 e. The van der Waals surface area contributed by atoms with Gasteiger partial charge in [0.25, 0.3) is 0 Å². The van der Waals surface area contributed by atoms with Gasteiger partial charge in [0.2, 0.25) is 0 Å². The van der Waals surface area contributed by atoms with Gasteiger partial charge in [-0.05, 0) is 41.6 Å². The Hall–Kier alpha value is -1.56. The van der Waals surface area contributed by atoms with Crippen LogP contribution < -0.4 is 20.7 Å². The summed E-state index contributed by atoms with van der Waals surface area (Å²) < 4.78 is 10.6. The third-order valence-corrected chi connectivity index (χ3v) is 3.98. The third-order valence-electron chi connectivity index (χ3n) is 3.12. The van der Waals surface area contributed by atoms with Crippen LogP contribution in [0.15, 0.2) is 29.6 Å². The van der Waals surface area contributed by atoms with E-state index >= 15 is 0 Å². The maximum absolute atomic E-state index is 5.71. The molecule has 3 N–H and O–H groups in total. The Labute approximate surface area is 117 Å². The fourth-order valence-electron chi connectivity index (χ4n) is 2.09. The molecule has 5 heteroatoms. The van der Waals surface area contributed by atoms with Crippen LogP contribution in [0.25, 0.3) is 0 Å². The minimum absolute atomic E-state index is 0.0499. The van der Waals surface area contributed by atoms with E-state index in [0.717, 1.165) is 5.56 Å². The van der Waals surface area contributed by atoms with Gasteiger partial charge < -0.3 is 9.47 Å². The summed E-state index contributed by atoms with van der Waals surface area (Å²) in [5.41, 5.74) is 5.08. The first-order valence-electron chi connectivity index (χ1n) is 5.93. The van der Waals surface area contributed by atoms with E-state index in [2.05, 4.69) is 23.8 Å². The normalized spacial score (nSPS) is 12.2. The summed E-state index contributed by atoms with van der Waals surface area (Å²) in [5.74, 6) is 7.12. The lowest BCUT2D eigenvalue weighted by atomic mass is 9.99. The van der Waals surface area contributed by atoms with Crippen molar-refractivity contribution in [3.05, 3.63) is 45.6 Å². The molecular weight excluding hydrogens is 260 g/mol. The molecule has 0 aliphatic heterocycles. The quantitative estimate of drug-likeness (QED) is 0.652. The van der Waals surface area contributed by atoms with E-state index < -0.39 is 0 Å². The molecule has 19 heavy (non-hydrogen) atoms. The summed E-state index contributed by atoms with van der Waals surface area (Å²) in [6.45, 7) is 2.09. The first-order chi connectivity index (χ1) is 9.21. The summed E-state index contributed by atoms with van der Waals surface area (Å²) in [7, 11) is 3.25. The van der Waals surface area contributed by atoms with E-state index in [-0.39, 0.29) is 6.04 Å². The van der Waals surface area contributed by atoms with Gasteiger partial charge in [0.05, 0.1) is 20.3 Å². The number of methoxy groups -OCH3 is 2. The zero-order chi connectivity index (χ0) is 13.8. The van der Waals surface area contributed by atoms with Gasteiger partial charge in [0.15, 0.2) is 11.5 Å². The molecule has 0 radical (unpaired) electrons. The summed E-state index contributed by atoms with van der Waals surface area (Å²) in [6.07, 6.45) is 0. The molecule has 0 bridgehead atoms. The van der Waals surface area contributed by atoms with Crippen molar-refractivity contribution in [2.24, 2.45) is 5.84 Å². The number of hydrazine groups is 1. The molecule has 1 heterocycles. The number of ether oxygens (including phenoxy) is 2. The lowest BCUT2D eigenvalue weighted by Crippen LogP contribution is -2.29. The molecule has 1 unspecified atom stereocenters. The van der Waals surface area contributed by atoms with Crippen molar-refractivity contribution >= 4 is 11.3 Å². The molecule has 0 aliphatic rings. The number of aryl methyl sites for hydroxylation is 1. The van der Waals surface area contributed by atoms with Crippen molar-refractivity contribution in [1.29, 1.82) is 0 Å². The van der Waals surface area contributed by atoms with Crippen molar-refractivity contribution < 1.29 is 9.47 Å². The average molecular weight is 278 g/mol. The summed E-state index contributed by atoms with van der Waals surface area (Å²) >= 11 is 1.71. The van der Waals surface area contributed by atoms with Crippen molar-refractivity contribution in [1.82, 2.24) is 5.43 Å². The molecule has 0 aliphatic carbocycles. The number of nitrogens with one attached hydrogen (secondary N) is 1. The molecular formula is C14H18N2O2S. The Morgan fingerprint density at radius 2 is 1.89 bits per heavy atom. The lowest BCUT2D eigenvalue weighted by Gasteiger charge is -2.18. The van der Waals surface area contributed by atoms with Gasteiger partial charge in [-0.15, -0.1) is 11.3 Å². The van der Waals surface area contributed by atoms with Gasteiger partial charge >= 0.3 is 0 Å². The second kappa shape index (κ2) is 6.06. The van der Waals surface area contributed by atoms with E-state index in [1.807, 2.05) is 18.2 Å². The van der Waals surface area contributed by atoms with Crippen LogP contribution >= 0.6 is 11.3 Å². The summed E-state index contributed by atoms with van der Waals surface area (Å²) in [6, 6.07) is 7.86. The number of hydrogen-bond donors (Lipinski definition) is 2. The Balaban J connectivity index is 2.42. The smallest absolute Gasteiger partial charge is 0.161 e. The Kier molecular flexibility index (Phi) is 4.42. The fraction of sp³-hybridized carbons (Fsp3) is 0.286. The molecule has 0 amide bonds. The van der Waals surface area contributed by atoms with Crippen LogP contribution in [0.3, 0.4) is 0 Å². The Bertz CT molecular complexity index is 554. The maximum atomic E-state index is 5.71. The molecule has 1 aromatic carbocycles. The van der Waals surface area contributed by atoms with Crippen LogP contribution in [-0.2, 0) is 0 Å². The second-order valence-corrected chi connectivity index (χ2v) is 5.27. The van der Waals surface area contributed by atoms with Gasteiger partial charge in [-0.3, -0.25) is 5.84 Å². The van der Waals surface area contributed by atoms with Crippen LogP contribution in [0, 0.1) is 6.92 Å². The highest BCUT2D eigenvalue weighted by Gasteiger charge is 2.17. The Morgan fingerprint density at radius 3 is 2.42 bits per heavy atom. The van der Waals surface area contributed by atoms with Crippen LogP contribution in [-0.4, -0.2) is 14.2 Å². The van der Waals surface area contributed by atoms with Crippen molar-refractivity contribution in [3.8, 4) is 11.5 Å². The largest absolute Gasteiger partial charge is 0.493 e. The second-order valence-electron chi connectivity index (χ2n) is 4.15. The molecule has 2 aromatic rings. The van der Waals surface area contributed by atoms with E-state index in [4.69, 9.17) is 15.3 Å². The zero-order valence-corrected chi connectivity index (χ0v) is 12.1. The standard InChI is InChI=1S/C14H18N2O2S/c1-9-11(6-7-19-9)14(16-15)10-4-5-12(17-2)13(8-10)18-3/h4-8,14,16H,15H2,1-3H3. The number of thiophene rings is 1. The van der Waals surface area contributed by atoms with Crippen LogP contribution in [0.1, 0.15) is 22.0 Å².